The summed E-state index contributed by atoms with van der Waals surface area (Å²) in [5, 5.41) is 18.3. The minimum atomic E-state index is 0.203. The minimum Gasteiger partial charge on any atom is -0.508 e. The second kappa shape index (κ2) is 6.76. The first-order valence-electron chi connectivity index (χ1n) is 6.47. The van der Waals surface area contributed by atoms with Gasteiger partial charge in [-0.2, -0.15) is 0 Å². The van der Waals surface area contributed by atoms with Crippen LogP contribution in [0.2, 0.25) is 0 Å². The molecule has 2 aromatic carbocycles. The smallest absolute Gasteiger partial charge is 0.115 e. The van der Waals surface area contributed by atoms with Gasteiger partial charge in [0.1, 0.15) is 5.75 Å². The summed E-state index contributed by atoms with van der Waals surface area (Å²) in [5.41, 5.74) is 3.35. The zero-order valence-corrected chi connectivity index (χ0v) is 10.8. The van der Waals surface area contributed by atoms with E-state index >= 15 is 0 Å². The average Bonchev–Trinajstić information content (AvgIpc) is 2.46. The quantitative estimate of drug-likeness (QED) is 0.800. The number of rotatable bonds is 5. The fourth-order valence-electron chi connectivity index (χ4n) is 2.00. The third kappa shape index (κ3) is 3.70. The van der Waals surface area contributed by atoms with E-state index in [1.54, 1.807) is 12.1 Å². The van der Waals surface area contributed by atoms with Crippen molar-refractivity contribution in [3.63, 3.8) is 0 Å². The van der Waals surface area contributed by atoms with Crippen LogP contribution in [0.25, 0.3) is 5.57 Å². The molecule has 0 spiro atoms. The number of benzene rings is 2. The fraction of sp³-hybridized carbons (Fsp3) is 0.176. The minimum absolute atomic E-state index is 0.203. The van der Waals surface area contributed by atoms with Crippen molar-refractivity contribution in [3.8, 4) is 5.75 Å². The van der Waals surface area contributed by atoms with Gasteiger partial charge in [-0.1, -0.05) is 48.5 Å². The fourth-order valence-corrected chi connectivity index (χ4v) is 2.00. The number of allylic oxidation sites excluding steroid dienone is 1. The Morgan fingerprint density at radius 1 is 0.895 bits per heavy atom. The third-order valence-corrected chi connectivity index (χ3v) is 2.97. The summed E-state index contributed by atoms with van der Waals surface area (Å²) in [4.78, 5) is 0. The van der Waals surface area contributed by atoms with Crippen molar-refractivity contribution >= 4 is 5.57 Å². The molecule has 2 N–H and O–H groups in total. The first kappa shape index (κ1) is 13.4. The highest BCUT2D eigenvalue weighted by molar-refractivity contribution is 5.79. The lowest BCUT2D eigenvalue weighted by Gasteiger charge is -2.09. The molecule has 0 heterocycles. The van der Waals surface area contributed by atoms with E-state index in [-0.39, 0.29) is 12.4 Å². The normalized spacial score (nSPS) is 11.5. The van der Waals surface area contributed by atoms with Crippen molar-refractivity contribution in [2.24, 2.45) is 0 Å². The molecule has 2 rings (SSSR count). The maximum absolute atomic E-state index is 9.37. The van der Waals surface area contributed by atoms with E-state index in [4.69, 9.17) is 5.11 Å². The zero-order chi connectivity index (χ0) is 13.5. The van der Waals surface area contributed by atoms with Crippen LogP contribution in [0.3, 0.4) is 0 Å². The van der Waals surface area contributed by atoms with E-state index in [0.29, 0.717) is 0 Å². The van der Waals surface area contributed by atoms with Crippen LogP contribution in [-0.4, -0.2) is 16.8 Å². The Bertz CT molecular complexity index is 527. The highest BCUT2D eigenvalue weighted by atomic mass is 16.3. The predicted octanol–water partition coefficient (Wildman–Crippen LogP) is 3.60. The number of aromatic hydroxyl groups is 1. The number of phenols is 1. The predicted molar refractivity (Wildman–Crippen MR) is 77.9 cm³/mol. The summed E-state index contributed by atoms with van der Waals surface area (Å²) in [6.07, 6.45) is 3.73. The van der Waals surface area contributed by atoms with E-state index in [2.05, 4.69) is 18.2 Å². The Balaban J connectivity index is 2.34. The Labute approximate surface area is 113 Å². The molecule has 0 amide bonds. The number of aliphatic hydroxyl groups excluding tert-OH is 1. The van der Waals surface area contributed by atoms with Gasteiger partial charge in [-0.3, -0.25) is 0 Å². The van der Waals surface area contributed by atoms with Crippen molar-refractivity contribution < 1.29 is 10.2 Å². The summed E-state index contributed by atoms with van der Waals surface area (Å²) in [6.45, 7) is 0.203. The van der Waals surface area contributed by atoms with Crippen LogP contribution in [0.4, 0.5) is 0 Å². The molecule has 0 unspecified atom stereocenters. The molecule has 0 aliphatic carbocycles. The molecule has 19 heavy (non-hydrogen) atoms. The monoisotopic (exact) mass is 254 g/mol. The molecule has 0 bridgehead atoms. The second-order valence-corrected chi connectivity index (χ2v) is 4.40. The van der Waals surface area contributed by atoms with Crippen LogP contribution in [0.1, 0.15) is 24.0 Å². The van der Waals surface area contributed by atoms with Gasteiger partial charge in [-0.25, -0.2) is 0 Å². The van der Waals surface area contributed by atoms with Crippen molar-refractivity contribution in [2.75, 3.05) is 6.61 Å². The Kier molecular flexibility index (Phi) is 4.76. The molecule has 0 atom stereocenters. The standard InChI is InChI=1S/C17H18O2/c18-13-5-4-8-17(14-6-2-1-3-7-14)15-9-11-16(19)12-10-15/h1-3,6-12,18-19H,4-5,13H2/b17-8-. The van der Waals surface area contributed by atoms with Crippen molar-refractivity contribution in [3.05, 3.63) is 71.8 Å². The van der Waals surface area contributed by atoms with Crippen molar-refractivity contribution in [2.45, 2.75) is 12.8 Å². The number of phenolic OH excluding ortho intramolecular Hbond substituents is 1. The van der Waals surface area contributed by atoms with Crippen LogP contribution >= 0.6 is 0 Å². The summed E-state index contributed by atoms with van der Waals surface area (Å²) in [7, 11) is 0. The third-order valence-electron chi connectivity index (χ3n) is 2.97. The van der Waals surface area contributed by atoms with E-state index in [1.165, 1.54) is 0 Å². The van der Waals surface area contributed by atoms with Gasteiger partial charge in [0.05, 0.1) is 0 Å². The second-order valence-electron chi connectivity index (χ2n) is 4.40. The molecule has 2 heteroatoms. The highest BCUT2D eigenvalue weighted by Gasteiger charge is 2.04. The first-order valence-corrected chi connectivity index (χ1v) is 6.47. The Morgan fingerprint density at radius 3 is 2.16 bits per heavy atom. The molecule has 2 aromatic rings. The van der Waals surface area contributed by atoms with Gasteiger partial charge >= 0.3 is 0 Å². The Morgan fingerprint density at radius 2 is 1.53 bits per heavy atom. The Hall–Kier alpha value is -2.06. The number of hydrogen-bond acceptors (Lipinski definition) is 2. The van der Waals surface area contributed by atoms with E-state index < -0.39 is 0 Å². The van der Waals surface area contributed by atoms with Gasteiger partial charge in [0.25, 0.3) is 0 Å². The van der Waals surface area contributed by atoms with Gasteiger partial charge in [0, 0.05) is 6.61 Å². The zero-order valence-electron chi connectivity index (χ0n) is 10.8. The lowest BCUT2D eigenvalue weighted by atomic mass is 9.96. The van der Waals surface area contributed by atoms with Crippen LogP contribution in [-0.2, 0) is 0 Å². The highest BCUT2D eigenvalue weighted by Crippen LogP contribution is 2.25. The molecule has 2 nitrogen and oxygen atoms in total. The summed E-state index contributed by atoms with van der Waals surface area (Å²) < 4.78 is 0. The maximum atomic E-state index is 9.37. The van der Waals surface area contributed by atoms with Gasteiger partial charge < -0.3 is 10.2 Å². The lowest BCUT2D eigenvalue weighted by molar-refractivity contribution is 0.289. The molecule has 0 aromatic heterocycles. The largest absolute Gasteiger partial charge is 0.508 e. The van der Waals surface area contributed by atoms with Crippen LogP contribution in [0.15, 0.2) is 60.7 Å². The molecule has 0 fully saturated rings. The summed E-state index contributed by atoms with van der Waals surface area (Å²) >= 11 is 0. The summed E-state index contributed by atoms with van der Waals surface area (Å²) in [5.74, 6) is 0.270. The molecular formula is C17H18O2. The average molecular weight is 254 g/mol. The maximum Gasteiger partial charge on any atom is 0.115 e. The van der Waals surface area contributed by atoms with Crippen LogP contribution in [0, 0.1) is 0 Å². The van der Waals surface area contributed by atoms with Gasteiger partial charge in [0.2, 0.25) is 0 Å². The van der Waals surface area contributed by atoms with E-state index in [9.17, 15) is 5.11 Å². The molecule has 0 saturated heterocycles. The number of hydrogen-bond donors (Lipinski definition) is 2. The van der Waals surface area contributed by atoms with Crippen LogP contribution < -0.4 is 0 Å². The van der Waals surface area contributed by atoms with Crippen molar-refractivity contribution in [1.82, 2.24) is 0 Å². The number of unbranched alkanes of at least 4 members (excludes halogenated alkanes) is 1. The SMILES string of the molecule is OCCC/C=C(/c1ccccc1)c1ccc(O)cc1. The van der Waals surface area contributed by atoms with Gasteiger partial charge in [-0.05, 0) is 41.7 Å². The van der Waals surface area contributed by atoms with E-state index in [1.807, 2.05) is 30.3 Å². The molecule has 0 aliphatic heterocycles. The van der Waals surface area contributed by atoms with Gasteiger partial charge in [0.15, 0.2) is 0 Å². The van der Waals surface area contributed by atoms with E-state index in [0.717, 1.165) is 29.5 Å². The topological polar surface area (TPSA) is 40.5 Å². The lowest BCUT2D eigenvalue weighted by Crippen LogP contribution is -1.89. The molecule has 0 aliphatic rings. The number of aliphatic hydroxyl groups is 1. The van der Waals surface area contributed by atoms with Gasteiger partial charge in [-0.15, -0.1) is 0 Å². The molecule has 98 valence electrons. The van der Waals surface area contributed by atoms with Crippen molar-refractivity contribution in [1.29, 1.82) is 0 Å². The molecule has 0 radical (unpaired) electrons. The summed E-state index contributed by atoms with van der Waals surface area (Å²) in [6, 6.07) is 17.3. The molecule has 0 saturated carbocycles. The van der Waals surface area contributed by atoms with Crippen LogP contribution in [0.5, 0.6) is 5.75 Å². The molecular weight excluding hydrogens is 236 g/mol. The first-order chi connectivity index (χ1) is 9.31.